The zero-order valence-electron chi connectivity index (χ0n) is 14.2. The van der Waals surface area contributed by atoms with Crippen LogP contribution in [0.1, 0.15) is 5.56 Å². The van der Waals surface area contributed by atoms with Gasteiger partial charge in [-0.15, -0.1) is 0 Å². The first kappa shape index (κ1) is 19.9. The molecule has 0 radical (unpaired) electrons. The first-order valence-corrected chi connectivity index (χ1v) is 8.86. The molecule has 0 unspecified atom stereocenters. The van der Waals surface area contributed by atoms with Gasteiger partial charge in [0.05, 0.1) is 18.7 Å². The number of halogens is 3. The number of alkyl halides is 3. The van der Waals surface area contributed by atoms with E-state index in [4.69, 9.17) is 5.11 Å². The summed E-state index contributed by atoms with van der Waals surface area (Å²) in [6, 6.07) is 9.01. The number of imide groups is 1. The average molecular weight is 409 g/mol. The zero-order valence-corrected chi connectivity index (χ0v) is 15.0. The van der Waals surface area contributed by atoms with E-state index in [0.29, 0.717) is 10.7 Å². The van der Waals surface area contributed by atoms with Gasteiger partial charge in [-0.25, -0.2) is 4.98 Å². The molecule has 0 atom stereocenters. The van der Waals surface area contributed by atoms with Crippen molar-refractivity contribution < 1.29 is 27.9 Å². The number of hydrogen-bond donors (Lipinski definition) is 2. The van der Waals surface area contributed by atoms with Crippen LogP contribution in [0.2, 0.25) is 0 Å². The predicted molar refractivity (Wildman–Crippen MR) is 95.3 cm³/mol. The van der Waals surface area contributed by atoms with E-state index in [1.807, 2.05) is 0 Å². The number of rotatable bonds is 6. The molecule has 2 N–H and O–H groups in total. The molecule has 1 aromatic carbocycles. The van der Waals surface area contributed by atoms with Crippen LogP contribution < -0.4 is 5.32 Å². The Morgan fingerprint density at radius 2 is 1.82 bits per heavy atom. The van der Waals surface area contributed by atoms with Crippen molar-refractivity contribution in [1.29, 1.82) is 0 Å². The third kappa shape index (κ3) is 4.52. The van der Waals surface area contributed by atoms with E-state index < -0.39 is 23.6 Å². The molecule has 0 saturated carbocycles. The van der Waals surface area contributed by atoms with Crippen molar-refractivity contribution in [2.45, 2.75) is 16.1 Å². The molecule has 0 spiro atoms. The van der Waals surface area contributed by atoms with Crippen molar-refractivity contribution in [3.8, 4) is 0 Å². The van der Waals surface area contributed by atoms with Crippen molar-refractivity contribution in [2.75, 3.05) is 18.5 Å². The maximum absolute atomic E-state index is 12.6. The molecule has 0 bridgehead atoms. The van der Waals surface area contributed by atoms with Crippen LogP contribution in [0, 0.1) is 0 Å². The van der Waals surface area contributed by atoms with Crippen molar-refractivity contribution in [3.05, 3.63) is 59.9 Å². The Morgan fingerprint density at radius 1 is 1.11 bits per heavy atom. The highest BCUT2D eigenvalue weighted by molar-refractivity contribution is 7.99. The summed E-state index contributed by atoms with van der Waals surface area (Å²) >= 11 is 1.19. The van der Waals surface area contributed by atoms with Gasteiger partial charge >= 0.3 is 6.18 Å². The maximum Gasteiger partial charge on any atom is 0.417 e. The number of nitrogens with zero attached hydrogens (tertiary/aromatic N) is 2. The Balaban J connectivity index is 1.63. The second-order valence-electron chi connectivity index (χ2n) is 5.71. The number of carbonyl (C=O) groups excluding carboxylic acids is 2. The van der Waals surface area contributed by atoms with Gasteiger partial charge in [0.25, 0.3) is 11.8 Å². The van der Waals surface area contributed by atoms with Crippen molar-refractivity contribution >= 4 is 29.3 Å². The number of benzene rings is 1. The van der Waals surface area contributed by atoms with E-state index in [2.05, 4.69) is 10.3 Å². The lowest BCUT2D eigenvalue weighted by atomic mass is 10.3. The van der Waals surface area contributed by atoms with Gasteiger partial charge in [0.15, 0.2) is 0 Å². The van der Waals surface area contributed by atoms with Crippen LogP contribution in [0.4, 0.5) is 18.9 Å². The largest absolute Gasteiger partial charge is 0.417 e. The molecule has 1 aliphatic rings. The number of hydrogen-bond acceptors (Lipinski definition) is 6. The summed E-state index contributed by atoms with van der Waals surface area (Å²) in [5.74, 6) is -1.02. The molecule has 28 heavy (non-hydrogen) atoms. The van der Waals surface area contributed by atoms with Gasteiger partial charge in [-0.1, -0.05) is 11.8 Å². The summed E-state index contributed by atoms with van der Waals surface area (Å²) in [5.41, 5.74) is -0.151. The van der Waals surface area contributed by atoms with Crippen LogP contribution in [-0.4, -0.2) is 40.0 Å². The van der Waals surface area contributed by atoms with Crippen LogP contribution in [0.15, 0.2) is 64.3 Å². The van der Waals surface area contributed by atoms with Gasteiger partial charge in [-0.2, -0.15) is 13.2 Å². The van der Waals surface area contributed by atoms with Gasteiger partial charge in [0.2, 0.25) is 0 Å². The topological polar surface area (TPSA) is 82.5 Å². The number of aromatic nitrogens is 1. The van der Waals surface area contributed by atoms with Crippen LogP contribution in [0.25, 0.3) is 0 Å². The third-order valence-electron chi connectivity index (χ3n) is 3.75. The lowest BCUT2D eigenvalue weighted by Crippen LogP contribution is -2.34. The van der Waals surface area contributed by atoms with Crippen molar-refractivity contribution in [2.24, 2.45) is 0 Å². The zero-order chi connectivity index (χ0) is 20.3. The van der Waals surface area contributed by atoms with Gasteiger partial charge in [-0.05, 0) is 36.4 Å². The second-order valence-corrected chi connectivity index (χ2v) is 6.80. The summed E-state index contributed by atoms with van der Waals surface area (Å²) in [6.07, 6.45) is -2.48. The maximum atomic E-state index is 12.6. The molecule has 6 nitrogen and oxygen atoms in total. The highest BCUT2D eigenvalue weighted by atomic mass is 32.2. The summed E-state index contributed by atoms with van der Waals surface area (Å²) in [6.45, 7) is -0.391. The normalized spacial score (nSPS) is 14.4. The number of nitrogens with one attached hydrogen (secondary N) is 1. The summed E-state index contributed by atoms with van der Waals surface area (Å²) in [5, 5.41) is 12.1. The fraction of sp³-hybridized carbons (Fsp3) is 0.167. The van der Waals surface area contributed by atoms with Gasteiger partial charge in [0.1, 0.15) is 10.7 Å². The Morgan fingerprint density at radius 3 is 2.39 bits per heavy atom. The molecule has 2 amide bonds. The molecule has 2 heterocycles. The Labute approximate surface area is 162 Å². The lowest BCUT2D eigenvalue weighted by molar-refractivity contribution is -0.138. The first-order chi connectivity index (χ1) is 13.3. The number of carbonyl (C=O) groups is 2. The van der Waals surface area contributed by atoms with E-state index in [1.165, 1.54) is 17.8 Å². The minimum atomic E-state index is -4.43. The molecule has 146 valence electrons. The first-order valence-electron chi connectivity index (χ1n) is 8.04. The highest BCUT2D eigenvalue weighted by Crippen LogP contribution is 2.32. The van der Waals surface area contributed by atoms with Crippen LogP contribution in [-0.2, 0) is 15.8 Å². The number of pyridine rings is 1. The van der Waals surface area contributed by atoms with Gasteiger partial charge < -0.3 is 10.4 Å². The number of aliphatic hydroxyl groups is 1. The molecule has 0 saturated heterocycles. The fourth-order valence-electron chi connectivity index (χ4n) is 2.40. The van der Waals surface area contributed by atoms with E-state index in [9.17, 15) is 22.8 Å². The minimum absolute atomic E-state index is 0.0744. The Kier molecular flexibility index (Phi) is 5.71. The molecule has 10 heteroatoms. The van der Waals surface area contributed by atoms with E-state index >= 15 is 0 Å². The molecule has 0 fully saturated rings. The van der Waals surface area contributed by atoms with Crippen LogP contribution in [0.3, 0.4) is 0 Å². The van der Waals surface area contributed by atoms with Crippen molar-refractivity contribution in [3.63, 3.8) is 0 Å². The second kappa shape index (κ2) is 8.03. The predicted octanol–water partition coefficient (Wildman–Crippen LogP) is 2.91. The van der Waals surface area contributed by atoms with E-state index in [0.717, 1.165) is 28.1 Å². The fourth-order valence-corrected chi connectivity index (χ4v) is 3.16. The summed E-state index contributed by atoms with van der Waals surface area (Å²) in [7, 11) is 0. The SMILES string of the molecule is O=C1C=C(Nc2ccc(Sc3ccc(C(F)(F)F)cn3)cc2)C(=O)N1CCO. The highest BCUT2D eigenvalue weighted by Gasteiger charge is 2.31. The molecular formula is C18H14F3N3O3S. The lowest BCUT2D eigenvalue weighted by Gasteiger charge is -2.13. The minimum Gasteiger partial charge on any atom is -0.395 e. The van der Waals surface area contributed by atoms with Gasteiger partial charge in [0, 0.05) is 22.9 Å². The van der Waals surface area contributed by atoms with Crippen molar-refractivity contribution in [1.82, 2.24) is 9.88 Å². The van der Waals surface area contributed by atoms with Gasteiger partial charge in [-0.3, -0.25) is 14.5 Å². The molecular weight excluding hydrogens is 395 g/mol. The summed E-state index contributed by atoms with van der Waals surface area (Å²) < 4.78 is 37.7. The van der Waals surface area contributed by atoms with E-state index in [-0.39, 0.29) is 18.8 Å². The molecule has 2 aromatic rings. The molecule has 3 rings (SSSR count). The third-order valence-corrected chi connectivity index (χ3v) is 4.71. The van der Waals surface area contributed by atoms with Crippen LogP contribution >= 0.6 is 11.8 Å². The standard InChI is InChI=1S/C18H14F3N3O3S/c19-18(20,21)11-1-6-15(22-10-11)28-13-4-2-12(3-5-13)23-14-9-16(26)24(7-8-25)17(14)27/h1-6,9-10,23,25H,7-8H2. The number of β-amino-alcohol motifs (C(OH)–C–C–N with tert-alkyl or cyclic N) is 1. The van der Waals surface area contributed by atoms with E-state index in [1.54, 1.807) is 24.3 Å². The van der Waals surface area contributed by atoms with Crippen LogP contribution in [0.5, 0.6) is 0 Å². The number of amides is 2. The molecule has 1 aliphatic heterocycles. The monoisotopic (exact) mass is 409 g/mol. The number of aliphatic hydroxyl groups excluding tert-OH is 1. The Hall–Kier alpha value is -2.85. The smallest absolute Gasteiger partial charge is 0.395 e. The molecule has 0 aliphatic carbocycles. The average Bonchev–Trinajstić information content (AvgIpc) is 2.91. The Bertz CT molecular complexity index is 912. The summed E-state index contributed by atoms with van der Waals surface area (Å²) in [4.78, 5) is 29.3. The quantitative estimate of drug-likeness (QED) is 0.714. The molecule has 1 aromatic heterocycles. The number of anilines is 1.